The van der Waals surface area contributed by atoms with Gasteiger partial charge in [-0.3, -0.25) is 4.90 Å². The molecule has 0 aliphatic carbocycles. The van der Waals surface area contributed by atoms with Crippen molar-refractivity contribution in [3.63, 3.8) is 0 Å². The van der Waals surface area contributed by atoms with Crippen molar-refractivity contribution in [3.05, 3.63) is 35.9 Å². The normalized spacial score (nSPS) is 21.9. The molecule has 0 radical (unpaired) electrons. The third-order valence-corrected chi connectivity index (χ3v) is 4.06. The van der Waals surface area contributed by atoms with E-state index in [1.807, 2.05) is 37.3 Å². The van der Waals surface area contributed by atoms with Crippen molar-refractivity contribution in [2.45, 2.75) is 38.5 Å². The first-order valence-corrected chi connectivity index (χ1v) is 7.66. The van der Waals surface area contributed by atoms with Gasteiger partial charge in [0.15, 0.2) is 0 Å². The van der Waals surface area contributed by atoms with Gasteiger partial charge in [-0.1, -0.05) is 30.3 Å². The van der Waals surface area contributed by atoms with Gasteiger partial charge in [-0.2, -0.15) is 0 Å². The Morgan fingerprint density at radius 2 is 2.05 bits per heavy atom. The summed E-state index contributed by atoms with van der Waals surface area (Å²) in [6.07, 6.45) is -0.480. The maximum Gasteiger partial charge on any atom is 0.0900 e. The van der Waals surface area contributed by atoms with Crippen LogP contribution in [-0.2, 0) is 9.47 Å². The minimum atomic E-state index is -0.478. The smallest absolute Gasteiger partial charge is 0.0900 e. The Bertz CT molecular complexity index is 421. The zero-order valence-corrected chi connectivity index (χ0v) is 13.3. The van der Waals surface area contributed by atoms with Crippen LogP contribution in [-0.4, -0.2) is 54.6 Å². The van der Waals surface area contributed by atoms with Crippen molar-refractivity contribution in [1.82, 2.24) is 4.90 Å². The van der Waals surface area contributed by atoms with E-state index in [1.54, 1.807) is 0 Å². The molecule has 0 amide bonds. The van der Waals surface area contributed by atoms with Crippen LogP contribution >= 0.6 is 0 Å². The van der Waals surface area contributed by atoms with Gasteiger partial charge >= 0.3 is 0 Å². The van der Waals surface area contributed by atoms with Crippen LogP contribution in [0.25, 0.3) is 0 Å². The molecule has 0 spiro atoms. The molecule has 4 nitrogen and oxygen atoms in total. The van der Waals surface area contributed by atoms with Gasteiger partial charge in [-0.15, -0.1) is 0 Å². The van der Waals surface area contributed by atoms with Crippen molar-refractivity contribution in [1.29, 1.82) is 0 Å². The van der Waals surface area contributed by atoms with Crippen molar-refractivity contribution in [2.75, 3.05) is 32.9 Å². The fourth-order valence-electron chi connectivity index (χ4n) is 2.61. The molecule has 1 aromatic carbocycles. The van der Waals surface area contributed by atoms with Gasteiger partial charge in [0.25, 0.3) is 0 Å². The van der Waals surface area contributed by atoms with Gasteiger partial charge in [0.1, 0.15) is 0 Å². The average Bonchev–Trinajstić information content (AvgIpc) is 2.48. The van der Waals surface area contributed by atoms with Gasteiger partial charge < -0.3 is 14.6 Å². The summed E-state index contributed by atoms with van der Waals surface area (Å²) in [6.45, 7) is 9.58. The third kappa shape index (κ3) is 4.78. The van der Waals surface area contributed by atoms with E-state index in [0.29, 0.717) is 19.8 Å². The van der Waals surface area contributed by atoms with E-state index in [9.17, 15) is 5.11 Å². The van der Waals surface area contributed by atoms with Crippen molar-refractivity contribution in [3.8, 4) is 0 Å². The minimum absolute atomic E-state index is 0.00134. The Morgan fingerprint density at radius 1 is 1.33 bits per heavy atom. The predicted octanol–water partition coefficient (Wildman–Crippen LogP) is 2.24. The zero-order valence-electron chi connectivity index (χ0n) is 13.3. The maximum absolute atomic E-state index is 10.2. The second-order valence-corrected chi connectivity index (χ2v) is 6.35. The standard InChI is InChI=1S/C17H27NO3/c1-14(15-7-5-4-6-8-15)21-12-16(19)11-18-9-10-20-13-17(18,2)3/h4-8,14,16,19H,9-13H2,1-3H3. The summed E-state index contributed by atoms with van der Waals surface area (Å²) >= 11 is 0. The Balaban J connectivity index is 1.78. The first kappa shape index (κ1) is 16.4. The molecule has 0 saturated carbocycles. The van der Waals surface area contributed by atoms with Crippen LogP contribution in [0.1, 0.15) is 32.4 Å². The second-order valence-electron chi connectivity index (χ2n) is 6.35. The molecule has 21 heavy (non-hydrogen) atoms. The molecule has 2 unspecified atom stereocenters. The zero-order chi connectivity index (χ0) is 15.3. The van der Waals surface area contributed by atoms with Gasteiger partial charge in [0.05, 0.1) is 32.0 Å². The summed E-state index contributed by atoms with van der Waals surface area (Å²) in [5, 5.41) is 10.2. The summed E-state index contributed by atoms with van der Waals surface area (Å²) in [5.41, 5.74) is 1.11. The van der Waals surface area contributed by atoms with Crippen molar-refractivity contribution >= 4 is 0 Å². The molecule has 1 aliphatic heterocycles. The van der Waals surface area contributed by atoms with Gasteiger partial charge in [0.2, 0.25) is 0 Å². The molecule has 1 fully saturated rings. The molecule has 0 bridgehead atoms. The predicted molar refractivity (Wildman–Crippen MR) is 83.3 cm³/mol. The highest BCUT2D eigenvalue weighted by Gasteiger charge is 2.31. The molecule has 1 aliphatic rings. The fourth-order valence-corrected chi connectivity index (χ4v) is 2.61. The highest BCUT2D eigenvalue weighted by molar-refractivity contribution is 5.16. The third-order valence-electron chi connectivity index (χ3n) is 4.06. The second kappa shape index (κ2) is 7.36. The van der Waals surface area contributed by atoms with Gasteiger partial charge in [0, 0.05) is 18.6 Å². The molecule has 1 heterocycles. The quantitative estimate of drug-likeness (QED) is 0.873. The van der Waals surface area contributed by atoms with Crippen molar-refractivity contribution in [2.24, 2.45) is 0 Å². The number of nitrogens with zero attached hydrogens (tertiary/aromatic N) is 1. The van der Waals surface area contributed by atoms with E-state index < -0.39 is 6.10 Å². The molecule has 1 aromatic rings. The number of ether oxygens (including phenoxy) is 2. The van der Waals surface area contributed by atoms with Crippen LogP contribution in [0.4, 0.5) is 0 Å². The summed E-state index contributed by atoms with van der Waals surface area (Å²) in [4.78, 5) is 2.28. The SMILES string of the molecule is CC(OCC(O)CN1CCOCC1(C)C)c1ccccc1. The number of aliphatic hydroxyl groups is 1. The molecule has 0 aromatic heterocycles. The number of rotatable bonds is 6. The average molecular weight is 293 g/mol. The largest absolute Gasteiger partial charge is 0.389 e. The highest BCUT2D eigenvalue weighted by Crippen LogP contribution is 2.20. The van der Waals surface area contributed by atoms with Crippen LogP contribution in [0.3, 0.4) is 0 Å². The van der Waals surface area contributed by atoms with Crippen LogP contribution in [0.15, 0.2) is 30.3 Å². The first-order valence-electron chi connectivity index (χ1n) is 7.66. The summed E-state index contributed by atoms with van der Waals surface area (Å²) < 4.78 is 11.3. The van der Waals surface area contributed by atoms with E-state index in [4.69, 9.17) is 9.47 Å². The van der Waals surface area contributed by atoms with Gasteiger partial charge in [-0.05, 0) is 26.3 Å². The lowest BCUT2D eigenvalue weighted by molar-refractivity contribution is -0.0812. The Hall–Kier alpha value is -0.940. The number of hydrogen-bond acceptors (Lipinski definition) is 4. The first-order chi connectivity index (χ1) is 9.99. The lowest BCUT2D eigenvalue weighted by Gasteiger charge is -2.43. The maximum atomic E-state index is 10.2. The van der Waals surface area contributed by atoms with E-state index in [-0.39, 0.29) is 11.6 Å². The molecule has 2 rings (SSSR count). The molecule has 4 heteroatoms. The Morgan fingerprint density at radius 3 is 2.71 bits per heavy atom. The number of β-amino-alcohol motifs (C(OH)–C–C–N with tert-alkyl or cyclic N) is 1. The summed E-state index contributed by atoms with van der Waals surface area (Å²) in [7, 11) is 0. The van der Waals surface area contributed by atoms with E-state index in [1.165, 1.54) is 0 Å². The van der Waals surface area contributed by atoms with Crippen LogP contribution in [0.2, 0.25) is 0 Å². The van der Waals surface area contributed by atoms with Crippen LogP contribution in [0, 0.1) is 0 Å². The number of hydrogen-bond donors (Lipinski definition) is 1. The lowest BCUT2D eigenvalue weighted by atomic mass is 10.0. The van der Waals surface area contributed by atoms with E-state index in [2.05, 4.69) is 18.7 Å². The molecule has 118 valence electrons. The fraction of sp³-hybridized carbons (Fsp3) is 0.647. The topological polar surface area (TPSA) is 41.9 Å². The Labute approximate surface area is 127 Å². The number of morpholine rings is 1. The number of aliphatic hydroxyl groups excluding tert-OH is 1. The number of benzene rings is 1. The molecular weight excluding hydrogens is 266 g/mol. The molecule has 1 saturated heterocycles. The van der Waals surface area contributed by atoms with E-state index in [0.717, 1.165) is 18.7 Å². The molecule has 2 atom stereocenters. The minimum Gasteiger partial charge on any atom is -0.389 e. The van der Waals surface area contributed by atoms with Crippen LogP contribution in [0.5, 0.6) is 0 Å². The lowest BCUT2D eigenvalue weighted by Crippen LogP contribution is -2.55. The van der Waals surface area contributed by atoms with Gasteiger partial charge in [-0.25, -0.2) is 0 Å². The summed E-state index contributed by atoms with van der Waals surface area (Å²) in [6, 6.07) is 10.1. The molecule has 1 N–H and O–H groups in total. The highest BCUT2D eigenvalue weighted by atomic mass is 16.5. The van der Waals surface area contributed by atoms with E-state index >= 15 is 0 Å². The van der Waals surface area contributed by atoms with Crippen LogP contribution < -0.4 is 0 Å². The monoisotopic (exact) mass is 293 g/mol. The molecular formula is C17H27NO3. The summed E-state index contributed by atoms with van der Waals surface area (Å²) in [5.74, 6) is 0. The Kier molecular flexibility index (Phi) is 5.76. The van der Waals surface area contributed by atoms with Crippen molar-refractivity contribution < 1.29 is 14.6 Å².